The summed E-state index contributed by atoms with van der Waals surface area (Å²) in [7, 11) is 1.33. The van der Waals surface area contributed by atoms with Crippen LogP contribution in [0.25, 0.3) is 0 Å². The van der Waals surface area contributed by atoms with Crippen LogP contribution in [0.15, 0.2) is 30.3 Å². The normalized spacial score (nSPS) is 15.9. The highest BCUT2D eigenvalue weighted by Crippen LogP contribution is 2.28. The molecular weight excluding hydrogens is 386 g/mol. The summed E-state index contributed by atoms with van der Waals surface area (Å²) in [5.41, 5.74) is 0.374. The number of benzene rings is 1. The van der Waals surface area contributed by atoms with Crippen molar-refractivity contribution in [3.05, 3.63) is 35.9 Å². The summed E-state index contributed by atoms with van der Waals surface area (Å²) < 4.78 is 15.6. The quantitative estimate of drug-likeness (QED) is 0.492. The van der Waals surface area contributed by atoms with E-state index < -0.39 is 23.5 Å². The van der Waals surface area contributed by atoms with Crippen LogP contribution in [0.2, 0.25) is 0 Å². The minimum Gasteiger partial charge on any atom is -0.469 e. The molecule has 1 aromatic carbocycles. The van der Waals surface area contributed by atoms with Crippen molar-refractivity contribution in [2.24, 2.45) is 11.8 Å². The number of rotatable bonds is 7. The van der Waals surface area contributed by atoms with E-state index in [2.05, 4.69) is 0 Å². The first-order valence-corrected chi connectivity index (χ1v) is 10.4. The third kappa shape index (κ3) is 8.05. The summed E-state index contributed by atoms with van der Waals surface area (Å²) in [5, 5.41) is 0. The average Bonchev–Trinajstić information content (AvgIpc) is 2.71. The summed E-state index contributed by atoms with van der Waals surface area (Å²) >= 11 is 0. The Morgan fingerprint density at radius 1 is 1.10 bits per heavy atom. The number of piperidine rings is 1. The van der Waals surface area contributed by atoms with Crippen LogP contribution in [0.4, 0.5) is 4.79 Å². The van der Waals surface area contributed by atoms with Crippen LogP contribution in [0.1, 0.15) is 52.0 Å². The molecule has 1 aliphatic rings. The second-order valence-electron chi connectivity index (χ2n) is 8.72. The Hall–Kier alpha value is -2.57. The molecule has 1 fully saturated rings. The molecule has 1 amide bonds. The number of hydrogen-bond donors (Lipinski definition) is 0. The van der Waals surface area contributed by atoms with Gasteiger partial charge in [-0.15, -0.1) is 0 Å². The lowest BCUT2D eigenvalue weighted by Gasteiger charge is -2.34. The molecule has 7 nitrogen and oxygen atoms in total. The lowest BCUT2D eigenvalue weighted by atomic mass is 9.86. The minimum atomic E-state index is -0.545. The second-order valence-corrected chi connectivity index (χ2v) is 8.72. The third-order valence-electron chi connectivity index (χ3n) is 5.07. The predicted molar refractivity (Wildman–Crippen MR) is 112 cm³/mol. The Bertz CT molecular complexity index is 704. The van der Waals surface area contributed by atoms with Crippen LogP contribution in [0.3, 0.4) is 0 Å². The highest BCUT2D eigenvalue weighted by atomic mass is 16.6. The predicted octanol–water partition coefficient (Wildman–Crippen LogP) is 3.95. The number of carbonyl (C=O) groups is 3. The van der Waals surface area contributed by atoms with Crippen LogP contribution in [-0.2, 0) is 30.4 Å². The number of likely N-dealkylation sites (tertiary alicyclic amines) is 1. The van der Waals surface area contributed by atoms with Gasteiger partial charge in [0.1, 0.15) is 12.2 Å². The largest absolute Gasteiger partial charge is 0.469 e. The fraction of sp³-hybridized carbons (Fsp3) is 0.609. The van der Waals surface area contributed by atoms with Crippen molar-refractivity contribution in [1.29, 1.82) is 0 Å². The molecule has 0 unspecified atom stereocenters. The van der Waals surface area contributed by atoms with Gasteiger partial charge in [0.05, 0.1) is 19.4 Å². The molecule has 0 aromatic heterocycles. The van der Waals surface area contributed by atoms with E-state index in [4.69, 9.17) is 14.2 Å². The van der Waals surface area contributed by atoms with Gasteiger partial charge in [-0.05, 0) is 51.5 Å². The van der Waals surface area contributed by atoms with E-state index in [0.717, 1.165) is 18.4 Å². The number of hydrogen-bond acceptors (Lipinski definition) is 6. The second kappa shape index (κ2) is 11.0. The molecule has 1 atom stereocenters. The van der Waals surface area contributed by atoms with Gasteiger partial charge >= 0.3 is 18.0 Å². The Morgan fingerprint density at radius 3 is 2.30 bits per heavy atom. The monoisotopic (exact) mass is 419 g/mol. The van der Waals surface area contributed by atoms with Gasteiger partial charge in [0.15, 0.2) is 0 Å². The van der Waals surface area contributed by atoms with Gasteiger partial charge in [-0.3, -0.25) is 9.59 Å². The molecule has 2 rings (SSSR count). The first-order chi connectivity index (χ1) is 14.2. The zero-order chi connectivity index (χ0) is 22.1. The van der Waals surface area contributed by atoms with E-state index in [0.29, 0.717) is 19.5 Å². The molecule has 166 valence electrons. The molecule has 0 radical (unpaired) electrons. The number of ether oxygens (including phenoxy) is 3. The van der Waals surface area contributed by atoms with Crippen molar-refractivity contribution in [2.45, 2.75) is 58.7 Å². The standard InChI is InChI=1S/C23H33NO6/c1-23(2,3)30-22(27)24-12-10-17(11-13-24)14-19(21(26)28-4)15-20(25)29-16-18-8-6-5-7-9-18/h5-9,17,19H,10-16H2,1-4H3/t19-/m1/s1. The fourth-order valence-corrected chi connectivity index (χ4v) is 3.51. The average molecular weight is 420 g/mol. The third-order valence-corrected chi connectivity index (χ3v) is 5.07. The van der Waals surface area contributed by atoms with Crippen LogP contribution in [-0.4, -0.2) is 48.7 Å². The summed E-state index contributed by atoms with van der Waals surface area (Å²) in [6, 6.07) is 9.41. The topological polar surface area (TPSA) is 82.1 Å². The molecule has 0 saturated carbocycles. The zero-order valence-corrected chi connectivity index (χ0v) is 18.4. The molecule has 7 heteroatoms. The molecule has 0 N–H and O–H groups in total. The van der Waals surface area contributed by atoms with E-state index in [1.807, 2.05) is 51.1 Å². The molecular formula is C23H33NO6. The zero-order valence-electron chi connectivity index (χ0n) is 18.4. The highest BCUT2D eigenvalue weighted by molar-refractivity contribution is 5.79. The van der Waals surface area contributed by atoms with Crippen LogP contribution < -0.4 is 0 Å². The van der Waals surface area contributed by atoms with Gasteiger partial charge in [-0.2, -0.15) is 0 Å². The van der Waals surface area contributed by atoms with Gasteiger partial charge < -0.3 is 19.1 Å². The van der Waals surface area contributed by atoms with E-state index >= 15 is 0 Å². The van der Waals surface area contributed by atoms with Gasteiger partial charge in [-0.1, -0.05) is 30.3 Å². The maximum atomic E-state index is 12.3. The van der Waals surface area contributed by atoms with E-state index in [-0.39, 0.29) is 25.0 Å². The lowest BCUT2D eigenvalue weighted by Crippen LogP contribution is -2.42. The Morgan fingerprint density at radius 2 is 1.73 bits per heavy atom. The Balaban J connectivity index is 1.83. The number of nitrogens with zero attached hydrogens (tertiary/aromatic N) is 1. The summed E-state index contributed by atoms with van der Waals surface area (Å²) in [5.74, 6) is -1.13. The molecule has 1 heterocycles. The van der Waals surface area contributed by atoms with E-state index in [1.165, 1.54) is 7.11 Å². The SMILES string of the molecule is COC(=O)[C@@H](CC(=O)OCc1ccccc1)CC1CCN(C(=O)OC(C)(C)C)CC1. The fourth-order valence-electron chi connectivity index (χ4n) is 3.51. The first-order valence-electron chi connectivity index (χ1n) is 10.4. The summed E-state index contributed by atoms with van der Waals surface area (Å²) in [4.78, 5) is 38.4. The number of amides is 1. The maximum absolute atomic E-state index is 12.3. The van der Waals surface area contributed by atoms with Gasteiger partial charge in [0, 0.05) is 13.1 Å². The van der Waals surface area contributed by atoms with Crippen LogP contribution >= 0.6 is 0 Å². The number of carbonyl (C=O) groups excluding carboxylic acids is 3. The minimum absolute atomic E-state index is 0.00815. The van der Waals surface area contributed by atoms with Crippen LogP contribution in [0.5, 0.6) is 0 Å². The molecule has 0 bridgehead atoms. The molecule has 1 aliphatic heterocycles. The van der Waals surface area contributed by atoms with E-state index in [1.54, 1.807) is 4.90 Å². The number of methoxy groups -OCH3 is 1. The van der Waals surface area contributed by atoms with Gasteiger partial charge in [0.25, 0.3) is 0 Å². The van der Waals surface area contributed by atoms with Crippen molar-refractivity contribution in [3.8, 4) is 0 Å². The number of esters is 2. The first kappa shape index (κ1) is 23.7. The summed E-state index contributed by atoms with van der Waals surface area (Å²) in [6.45, 7) is 6.86. The highest BCUT2D eigenvalue weighted by Gasteiger charge is 2.31. The van der Waals surface area contributed by atoms with Crippen LogP contribution in [0, 0.1) is 11.8 Å². The smallest absolute Gasteiger partial charge is 0.410 e. The lowest BCUT2D eigenvalue weighted by molar-refractivity contribution is -0.154. The molecule has 1 aromatic rings. The maximum Gasteiger partial charge on any atom is 0.410 e. The summed E-state index contributed by atoms with van der Waals surface area (Å²) in [6.07, 6.45) is 1.73. The molecule has 1 saturated heterocycles. The Kier molecular flexibility index (Phi) is 8.69. The van der Waals surface area contributed by atoms with Crippen molar-refractivity contribution in [3.63, 3.8) is 0 Å². The molecule has 0 spiro atoms. The van der Waals surface area contributed by atoms with Crippen molar-refractivity contribution in [1.82, 2.24) is 4.90 Å². The van der Waals surface area contributed by atoms with Crippen molar-refractivity contribution < 1.29 is 28.6 Å². The van der Waals surface area contributed by atoms with Gasteiger partial charge in [-0.25, -0.2) is 4.79 Å². The molecule has 0 aliphatic carbocycles. The van der Waals surface area contributed by atoms with Gasteiger partial charge in [0.2, 0.25) is 0 Å². The van der Waals surface area contributed by atoms with Crippen molar-refractivity contribution >= 4 is 18.0 Å². The Labute approximate surface area is 178 Å². The van der Waals surface area contributed by atoms with E-state index in [9.17, 15) is 14.4 Å². The van der Waals surface area contributed by atoms with Crippen molar-refractivity contribution in [2.75, 3.05) is 20.2 Å². The molecule has 30 heavy (non-hydrogen) atoms.